The number of likely N-dealkylation sites (tertiary alicyclic amines) is 1. The van der Waals surface area contributed by atoms with E-state index in [0.29, 0.717) is 6.04 Å². The fraction of sp³-hybridized carbons (Fsp3) is 0.684. The first-order chi connectivity index (χ1) is 10.9. The van der Waals surface area contributed by atoms with Crippen molar-refractivity contribution in [2.75, 3.05) is 39.3 Å². The lowest BCUT2D eigenvalue weighted by Gasteiger charge is -2.33. The summed E-state index contributed by atoms with van der Waals surface area (Å²) in [7, 11) is 0. The molecule has 0 amide bonds. The third kappa shape index (κ3) is 5.08. The van der Waals surface area contributed by atoms with Gasteiger partial charge in [-0.25, -0.2) is 0 Å². The Bertz CT molecular complexity index is 406. The van der Waals surface area contributed by atoms with Gasteiger partial charge in [-0.3, -0.25) is 0 Å². The maximum Gasteiger partial charge on any atom is 0.0193 e. The van der Waals surface area contributed by atoms with E-state index in [1.165, 1.54) is 70.4 Å². The topological polar surface area (TPSA) is 27.3 Å². The standard InChI is InChI=1S/C19H31N3/c1-2-5-17(6-3-1)8-12-22-13-9-18(10-14-22)15-21-19-7-4-11-20-16-19/h1-3,5-6,18-21H,4,7-16H2/t19-/m0/s1. The maximum absolute atomic E-state index is 3.78. The first kappa shape index (κ1) is 16.0. The van der Waals surface area contributed by atoms with Crippen molar-refractivity contribution in [3.63, 3.8) is 0 Å². The molecule has 0 bridgehead atoms. The van der Waals surface area contributed by atoms with Crippen molar-refractivity contribution >= 4 is 0 Å². The molecule has 1 atom stereocenters. The van der Waals surface area contributed by atoms with Crippen molar-refractivity contribution < 1.29 is 0 Å². The molecule has 0 unspecified atom stereocenters. The Labute approximate surface area is 135 Å². The van der Waals surface area contributed by atoms with Crippen LogP contribution in [0.5, 0.6) is 0 Å². The Balaban J connectivity index is 1.30. The van der Waals surface area contributed by atoms with Crippen LogP contribution in [0.25, 0.3) is 0 Å². The minimum absolute atomic E-state index is 0.713. The quantitative estimate of drug-likeness (QED) is 0.844. The minimum atomic E-state index is 0.713. The number of benzene rings is 1. The van der Waals surface area contributed by atoms with Crippen molar-refractivity contribution in [1.82, 2.24) is 15.5 Å². The molecule has 0 saturated carbocycles. The molecule has 0 radical (unpaired) electrons. The predicted molar refractivity (Wildman–Crippen MR) is 93.2 cm³/mol. The van der Waals surface area contributed by atoms with Crippen molar-refractivity contribution in [3.05, 3.63) is 35.9 Å². The Kier molecular flexibility index (Phi) is 6.29. The zero-order valence-corrected chi connectivity index (χ0v) is 13.8. The summed E-state index contributed by atoms with van der Waals surface area (Å²) < 4.78 is 0. The Morgan fingerprint density at radius 2 is 1.91 bits per heavy atom. The Hall–Kier alpha value is -0.900. The number of hydrogen-bond donors (Lipinski definition) is 2. The summed E-state index contributed by atoms with van der Waals surface area (Å²) in [5.74, 6) is 0.884. The lowest BCUT2D eigenvalue weighted by molar-refractivity contribution is 0.180. The molecule has 3 rings (SSSR count). The summed E-state index contributed by atoms with van der Waals surface area (Å²) in [6.45, 7) is 7.37. The first-order valence-electron chi connectivity index (χ1n) is 9.10. The smallest absolute Gasteiger partial charge is 0.0193 e. The van der Waals surface area contributed by atoms with Gasteiger partial charge in [-0.05, 0) is 69.8 Å². The zero-order chi connectivity index (χ0) is 15.0. The van der Waals surface area contributed by atoms with Crippen molar-refractivity contribution in [3.8, 4) is 0 Å². The van der Waals surface area contributed by atoms with E-state index in [2.05, 4.69) is 45.9 Å². The van der Waals surface area contributed by atoms with Crippen molar-refractivity contribution in [2.45, 2.75) is 38.1 Å². The average Bonchev–Trinajstić information content (AvgIpc) is 2.61. The molecule has 2 N–H and O–H groups in total. The monoisotopic (exact) mass is 301 g/mol. The van der Waals surface area contributed by atoms with Crippen LogP contribution in [-0.2, 0) is 6.42 Å². The number of hydrogen-bond acceptors (Lipinski definition) is 3. The van der Waals surface area contributed by atoms with Gasteiger partial charge in [-0.15, -0.1) is 0 Å². The second-order valence-corrected chi connectivity index (χ2v) is 6.97. The molecule has 0 aliphatic carbocycles. The van der Waals surface area contributed by atoms with Crippen LogP contribution in [0.3, 0.4) is 0 Å². The van der Waals surface area contributed by atoms with Gasteiger partial charge < -0.3 is 15.5 Å². The molecular formula is C19H31N3. The molecule has 1 aromatic rings. The molecule has 3 nitrogen and oxygen atoms in total. The molecule has 1 aromatic carbocycles. The minimum Gasteiger partial charge on any atom is -0.315 e. The van der Waals surface area contributed by atoms with E-state index in [4.69, 9.17) is 0 Å². The molecule has 122 valence electrons. The molecule has 22 heavy (non-hydrogen) atoms. The summed E-state index contributed by atoms with van der Waals surface area (Å²) in [6, 6.07) is 11.6. The van der Waals surface area contributed by atoms with Crippen LogP contribution in [0, 0.1) is 5.92 Å². The van der Waals surface area contributed by atoms with Gasteiger partial charge in [0.1, 0.15) is 0 Å². The highest BCUT2D eigenvalue weighted by atomic mass is 15.1. The summed E-state index contributed by atoms with van der Waals surface area (Å²) >= 11 is 0. The number of piperidine rings is 2. The Morgan fingerprint density at radius 1 is 1.09 bits per heavy atom. The third-order valence-corrected chi connectivity index (χ3v) is 5.26. The van der Waals surface area contributed by atoms with Gasteiger partial charge in [0, 0.05) is 19.1 Å². The van der Waals surface area contributed by atoms with Gasteiger partial charge in [0.2, 0.25) is 0 Å². The summed E-state index contributed by atoms with van der Waals surface area (Å²) in [5, 5.41) is 7.27. The van der Waals surface area contributed by atoms with Gasteiger partial charge >= 0.3 is 0 Å². The molecule has 2 fully saturated rings. The van der Waals surface area contributed by atoms with Crippen LogP contribution >= 0.6 is 0 Å². The second-order valence-electron chi connectivity index (χ2n) is 6.97. The lowest BCUT2D eigenvalue weighted by atomic mass is 9.95. The van der Waals surface area contributed by atoms with Crippen LogP contribution in [0.1, 0.15) is 31.2 Å². The zero-order valence-electron chi connectivity index (χ0n) is 13.8. The molecule has 2 heterocycles. The van der Waals surface area contributed by atoms with Crippen LogP contribution in [0.15, 0.2) is 30.3 Å². The fourth-order valence-electron chi connectivity index (χ4n) is 3.71. The van der Waals surface area contributed by atoms with Crippen LogP contribution in [0.2, 0.25) is 0 Å². The van der Waals surface area contributed by atoms with Gasteiger partial charge in [-0.1, -0.05) is 30.3 Å². The number of nitrogens with one attached hydrogen (secondary N) is 2. The molecule has 3 heteroatoms. The van der Waals surface area contributed by atoms with Gasteiger partial charge in [0.15, 0.2) is 0 Å². The van der Waals surface area contributed by atoms with Crippen LogP contribution < -0.4 is 10.6 Å². The van der Waals surface area contributed by atoms with Gasteiger partial charge in [-0.2, -0.15) is 0 Å². The first-order valence-corrected chi connectivity index (χ1v) is 9.10. The normalized spacial score (nSPS) is 24.5. The van der Waals surface area contributed by atoms with Crippen molar-refractivity contribution in [2.24, 2.45) is 5.92 Å². The second kappa shape index (κ2) is 8.66. The lowest BCUT2D eigenvalue weighted by Crippen LogP contribution is -2.46. The van der Waals surface area contributed by atoms with E-state index in [0.717, 1.165) is 12.5 Å². The summed E-state index contributed by atoms with van der Waals surface area (Å²) in [4.78, 5) is 2.64. The fourth-order valence-corrected chi connectivity index (χ4v) is 3.71. The number of rotatable bonds is 6. The van der Waals surface area contributed by atoms with E-state index in [-0.39, 0.29) is 0 Å². The van der Waals surface area contributed by atoms with E-state index in [1.807, 2.05) is 0 Å². The predicted octanol–water partition coefficient (Wildman–Crippen LogP) is 2.28. The summed E-state index contributed by atoms with van der Waals surface area (Å²) in [6.07, 6.45) is 6.60. The molecule has 2 aliphatic heterocycles. The average molecular weight is 301 g/mol. The highest BCUT2D eigenvalue weighted by Gasteiger charge is 2.20. The van der Waals surface area contributed by atoms with E-state index in [9.17, 15) is 0 Å². The summed E-state index contributed by atoms with van der Waals surface area (Å²) in [5.41, 5.74) is 1.47. The van der Waals surface area contributed by atoms with E-state index >= 15 is 0 Å². The van der Waals surface area contributed by atoms with Gasteiger partial charge in [0.05, 0.1) is 0 Å². The third-order valence-electron chi connectivity index (χ3n) is 5.26. The molecule has 2 saturated heterocycles. The molecule has 0 aromatic heterocycles. The van der Waals surface area contributed by atoms with Gasteiger partial charge in [0.25, 0.3) is 0 Å². The van der Waals surface area contributed by atoms with Crippen LogP contribution in [0.4, 0.5) is 0 Å². The van der Waals surface area contributed by atoms with E-state index in [1.54, 1.807) is 0 Å². The Morgan fingerprint density at radius 3 is 2.64 bits per heavy atom. The SMILES string of the molecule is c1ccc(CCN2CCC(CN[C@H]3CCCNC3)CC2)cc1. The van der Waals surface area contributed by atoms with Crippen molar-refractivity contribution in [1.29, 1.82) is 0 Å². The van der Waals surface area contributed by atoms with Crippen LogP contribution in [-0.4, -0.2) is 50.2 Å². The largest absolute Gasteiger partial charge is 0.315 e. The molecular weight excluding hydrogens is 270 g/mol. The highest BCUT2D eigenvalue weighted by molar-refractivity contribution is 5.14. The highest BCUT2D eigenvalue weighted by Crippen LogP contribution is 2.17. The molecule has 0 spiro atoms. The maximum atomic E-state index is 3.78. The molecule has 2 aliphatic rings. The number of nitrogens with zero attached hydrogens (tertiary/aromatic N) is 1. The van der Waals surface area contributed by atoms with E-state index < -0.39 is 0 Å².